The molecule has 0 fully saturated rings. The number of carboxylic acids is 1. The van der Waals surface area contributed by atoms with Crippen molar-refractivity contribution in [3.63, 3.8) is 0 Å². The molecule has 3 N–H and O–H groups in total. The van der Waals surface area contributed by atoms with Crippen molar-refractivity contribution in [2.45, 2.75) is 12.5 Å². The number of hydrogen-bond acceptors (Lipinski definition) is 4. The molecule has 3 aromatic carbocycles. The first-order chi connectivity index (χ1) is 14.0. The third kappa shape index (κ3) is 3.34. The summed E-state index contributed by atoms with van der Waals surface area (Å²) in [5, 5.41) is 9.50. The first-order valence-electron chi connectivity index (χ1n) is 9.13. The number of carbonyl (C=O) groups excluding carboxylic acids is 1. The molecule has 0 aliphatic heterocycles. The summed E-state index contributed by atoms with van der Waals surface area (Å²) in [6, 6.07) is 19.0. The van der Waals surface area contributed by atoms with E-state index >= 15 is 0 Å². The quantitative estimate of drug-likeness (QED) is 0.554. The van der Waals surface area contributed by atoms with Crippen molar-refractivity contribution in [1.82, 2.24) is 0 Å². The molecular weight excluding hydrogens is 434 g/mol. The summed E-state index contributed by atoms with van der Waals surface area (Å²) in [5.41, 5.74) is 10.5. The standard InChI is InChI=1S/C23H18BrNO4/c24-20-10-9-17(22(26)27)21(18(20)11-25)23(28)29-12-19-15-7-3-1-5-13(15)14-6-2-4-8-16(14)19/h1-10,19H,11-12,25H2,(H,26,27). The highest BCUT2D eigenvalue weighted by Crippen LogP contribution is 2.44. The number of benzene rings is 3. The van der Waals surface area contributed by atoms with Crippen LogP contribution in [0.4, 0.5) is 0 Å². The van der Waals surface area contributed by atoms with Gasteiger partial charge in [0.15, 0.2) is 0 Å². The molecule has 5 nitrogen and oxygen atoms in total. The molecule has 0 saturated heterocycles. The van der Waals surface area contributed by atoms with Crippen LogP contribution in [0.2, 0.25) is 0 Å². The Morgan fingerprint density at radius 2 is 1.55 bits per heavy atom. The number of carboxylic acid groups (broad SMARTS) is 1. The van der Waals surface area contributed by atoms with Gasteiger partial charge in [-0.25, -0.2) is 9.59 Å². The van der Waals surface area contributed by atoms with Crippen LogP contribution in [0.5, 0.6) is 0 Å². The third-order valence-electron chi connectivity index (χ3n) is 5.24. The van der Waals surface area contributed by atoms with Gasteiger partial charge in [0, 0.05) is 16.9 Å². The van der Waals surface area contributed by atoms with Crippen LogP contribution >= 0.6 is 15.9 Å². The highest BCUT2D eigenvalue weighted by Gasteiger charge is 2.30. The average molecular weight is 452 g/mol. The normalized spacial score (nSPS) is 12.3. The summed E-state index contributed by atoms with van der Waals surface area (Å²) in [4.78, 5) is 24.6. The first-order valence-corrected chi connectivity index (χ1v) is 9.92. The van der Waals surface area contributed by atoms with Gasteiger partial charge >= 0.3 is 11.9 Å². The maximum absolute atomic E-state index is 12.9. The van der Waals surface area contributed by atoms with Crippen LogP contribution in [-0.2, 0) is 11.3 Å². The van der Waals surface area contributed by atoms with Crippen LogP contribution in [0.1, 0.15) is 43.3 Å². The molecule has 0 saturated carbocycles. The highest BCUT2D eigenvalue weighted by molar-refractivity contribution is 9.10. The highest BCUT2D eigenvalue weighted by atomic mass is 79.9. The largest absolute Gasteiger partial charge is 0.478 e. The minimum atomic E-state index is -1.20. The lowest BCUT2D eigenvalue weighted by Crippen LogP contribution is -2.19. The van der Waals surface area contributed by atoms with Crippen molar-refractivity contribution in [1.29, 1.82) is 0 Å². The van der Waals surface area contributed by atoms with Crippen LogP contribution in [-0.4, -0.2) is 23.7 Å². The van der Waals surface area contributed by atoms with E-state index in [-0.39, 0.29) is 30.2 Å². The smallest absolute Gasteiger partial charge is 0.339 e. The van der Waals surface area contributed by atoms with Crippen LogP contribution in [0.25, 0.3) is 11.1 Å². The molecule has 0 bridgehead atoms. The van der Waals surface area contributed by atoms with Crippen molar-refractivity contribution in [3.8, 4) is 11.1 Å². The van der Waals surface area contributed by atoms with Crippen LogP contribution in [0.3, 0.4) is 0 Å². The van der Waals surface area contributed by atoms with Crippen molar-refractivity contribution >= 4 is 27.9 Å². The van der Waals surface area contributed by atoms with Gasteiger partial charge in [0.2, 0.25) is 0 Å². The van der Waals surface area contributed by atoms with Crippen molar-refractivity contribution in [2.24, 2.45) is 5.73 Å². The maximum atomic E-state index is 12.9. The SMILES string of the molecule is NCc1c(Br)ccc(C(=O)O)c1C(=O)OCC1c2ccccc2-c2ccccc21. The lowest BCUT2D eigenvalue weighted by atomic mass is 9.97. The van der Waals surface area contributed by atoms with Crippen molar-refractivity contribution in [2.75, 3.05) is 6.61 Å². The summed E-state index contributed by atoms with van der Waals surface area (Å²) in [6.45, 7) is 0.129. The molecule has 3 aromatic rings. The Labute approximate surface area is 176 Å². The monoisotopic (exact) mass is 451 g/mol. The van der Waals surface area contributed by atoms with Crippen LogP contribution in [0, 0.1) is 0 Å². The van der Waals surface area contributed by atoms with Gasteiger partial charge < -0.3 is 15.6 Å². The number of rotatable bonds is 5. The summed E-state index contributed by atoms with van der Waals surface area (Å²) < 4.78 is 6.21. The van der Waals surface area contributed by atoms with E-state index in [1.165, 1.54) is 6.07 Å². The minimum Gasteiger partial charge on any atom is -0.478 e. The number of ether oxygens (including phenoxy) is 1. The third-order valence-corrected chi connectivity index (χ3v) is 5.98. The fourth-order valence-electron chi connectivity index (χ4n) is 3.90. The lowest BCUT2D eigenvalue weighted by Gasteiger charge is -2.17. The van der Waals surface area contributed by atoms with Crippen molar-refractivity contribution < 1.29 is 19.4 Å². The predicted molar refractivity (Wildman–Crippen MR) is 113 cm³/mol. The molecule has 29 heavy (non-hydrogen) atoms. The average Bonchev–Trinajstić information content (AvgIpc) is 3.05. The number of esters is 1. The first kappa shape index (κ1) is 19.4. The minimum absolute atomic E-state index is 0.00561. The summed E-state index contributed by atoms with van der Waals surface area (Å²) in [6.07, 6.45) is 0. The van der Waals surface area contributed by atoms with Gasteiger partial charge in [-0.1, -0.05) is 64.5 Å². The molecular formula is C23H18BrNO4. The van der Waals surface area contributed by atoms with E-state index in [0.29, 0.717) is 10.0 Å². The Bertz CT molecular complexity index is 1080. The van der Waals surface area contributed by atoms with Gasteiger partial charge in [-0.3, -0.25) is 0 Å². The van der Waals surface area contributed by atoms with Gasteiger partial charge in [-0.2, -0.15) is 0 Å². The molecule has 0 heterocycles. The lowest BCUT2D eigenvalue weighted by molar-refractivity contribution is 0.0482. The topological polar surface area (TPSA) is 89.6 Å². The van der Waals surface area contributed by atoms with Gasteiger partial charge in [0.1, 0.15) is 6.61 Å². The molecule has 0 atom stereocenters. The second-order valence-corrected chi connectivity index (χ2v) is 7.64. The summed E-state index contributed by atoms with van der Waals surface area (Å²) in [7, 11) is 0. The summed E-state index contributed by atoms with van der Waals surface area (Å²) in [5.74, 6) is -1.99. The number of carbonyl (C=O) groups is 2. The van der Waals surface area contributed by atoms with E-state index in [1.54, 1.807) is 6.07 Å². The van der Waals surface area contributed by atoms with Crippen LogP contribution < -0.4 is 5.73 Å². The Kier molecular flexibility index (Phi) is 5.22. The number of hydrogen-bond donors (Lipinski definition) is 2. The van der Waals surface area contributed by atoms with Gasteiger partial charge in [-0.05, 0) is 39.9 Å². The molecule has 6 heteroatoms. The number of nitrogens with two attached hydrogens (primary N) is 1. The molecule has 0 radical (unpaired) electrons. The van der Waals surface area contributed by atoms with Crippen molar-refractivity contribution in [3.05, 3.63) is 93.0 Å². The number of fused-ring (bicyclic) bond motifs is 3. The Hall–Kier alpha value is -2.96. The Morgan fingerprint density at radius 1 is 0.966 bits per heavy atom. The number of aromatic carboxylic acids is 1. The second kappa shape index (κ2) is 7.81. The van der Waals surface area contributed by atoms with Gasteiger partial charge in [-0.15, -0.1) is 0 Å². The molecule has 1 aliphatic carbocycles. The molecule has 146 valence electrons. The zero-order valence-electron chi connectivity index (χ0n) is 15.4. The molecule has 0 amide bonds. The summed E-state index contributed by atoms with van der Waals surface area (Å²) >= 11 is 3.34. The zero-order valence-corrected chi connectivity index (χ0v) is 17.0. The van der Waals surface area contributed by atoms with E-state index in [9.17, 15) is 14.7 Å². The van der Waals surface area contributed by atoms with E-state index in [4.69, 9.17) is 10.5 Å². The van der Waals surface area contributed by atoms with E-state index in [0.717, 1.165) is 22.3 Å². The Balaban J connectivity index is 1.67. The molecule has 4 rings (SSSR count). The zero-order chi connectivity index (χ0) is 20.5. The molecule has 0 aromatic heterocycles. The second-order valence-electron chi connectivity index (χ2n) is 6.78. The molecule has 0 spiro atoms. The number of halogens is 1. The van der Waals surface area contributed by atoms with Gasteiger partial charge in [0.05, 0.1) is 11.1 Å². The van der Waals surface area contributed by atoms with E-state index in [1.807, 2.05) is 36.4 Å². The molecule has 1 aliphatic rings. The van der Waals surface area contributed by atoms with Gasteiger partial charge in [0.25, 0.3) is 0 Å². The van der Waals surface area contributed by atoms with E-state index < -0.39 is 11.9 Å². The fraction of sp³-hybridized carbons (Fsp3) is 0.130. The Morgan fingerprint density at radius 3 is 2.10 bits per heavy atom. The van der Waals surface area contributed by atoms with E-state index in [2.05, 4.69) is 28.1 Å². The molecule has 0 unspecified atom stereocenters. The predicted octanol–water partition coefficient (Wildman–Crippen LogP) is 4.58. The maximum Gasteiger partial charge on any atom is 0.339 e. The van der Waals surface area contributed by atoms with Crippen LogP contribution in [0.15, 0.2) is 65.1 Å². The fourth-order valence-corrected chi connectivity index (χ4v) is 4.40.